The third-order valence-corrected chi connectivity index (χ3v) is 4.92. The molecule has 26 heavy (non-hydrogen) atoms. The summed E-state index contributed by atoms with van der Waals surface area (Å²) in [5.74, 6) is 1.48. The minimum absolute atomic E-state index is 0.277. The Balaban J connectivity index is 1.95. The van der Waals surface area contributed by atoms with E-state index < -0.39 is 0 Å². The van der Waals surface area contributed by atoms with Crippen LogP contribution in [0.15, 0.2) is 33.9 Å². The summed E-state index contributed by atoms with van der Waals surface area (Å²) in [6.07, 6.45) is 0.888. The Kier molecular flexibility index (Phi) is 3.82. The van der Waals surface area contributed by atoms with Crippen molar-refractivity contribution in [2.75, 3.05) is 18.6 Å². The van der Waals surface area contributed by atoms with Crippen LogP contribution in [-0.4, -0.2) is 32.3 Å². The van der Waals surface area contributed by atoms with Gasteiger partial charge in [0.05, 0.1) is 7.11 Å². The van der Waals surface area contributed by atoms with Gasteiger partial charge in [0.2, 0.25) is 5.95 Å². The molecule has 0 spiro atoms. The highest BCUT2D eigenvalue weighted by Crippen LogP contribution is 2.31. The summed E-state index contributed by atoms with van der Waals surface area (Å²) >= 11 is 0. The molecule has 3 aromatic rings. The summed E-state index contributed by atoms with van der Waals surface area (Å²) in [7, 11) is 3.29. The molecule has 1 aliphatic rings. The van der Waals surface area contributed by atoms with Gasteiger partial charge in [-0.2, -0.15) is 4.98 Å². The lowest BCUT2D eigenvalue weighted by atomic mass is 10.2. The van der Waals surface area contributed by atoms with E-state index in [4.69, 9.17) is 4.74 Å². The van der Waals surface area contributed by atoms with Crippen molar-refractivity contribution in [2.45, 2.75) is 26.4 Å². The fourth-order valence-corrected chi connectivity index (χ4v) is 3.55. The second-order valence-electron chi connectivity index (χ2n) is 6.33. The molecule has 0 radical (unpaired) electrons. The molecule has 8 nitrogen and oxygen atoms in total. The highest BCUT2D eigenvalue weighted by Gasteiger charge is 2.26. The summed E-state index contributed by atoms with van der Waals surface area (Å²) < 4.78 is 9.86. The molecule has 2 aromatic heterocycles. The quantitative estimate of drug-likeness (QED) is 0.711. The van der Waals surface area contributed by atoms with Crippen molar-refractivity contribution < 1.29 is 4.74 Å². The monoisotopic (exact) mass is 355 g/mol. The van der Waals surface area contributed by atoms with E-state index in [-0.39, 0.29) is 11.2 Å². The number of fused-ring (bicyclic) bond motifs is 3. The second-order valence-corrected chi connectivity index (χ2v) is 6.33. The van der Waals surface area contributed by atoms with Crippen LogP contribution in [0.5, 0.6) is 5.75 Å². The number of nitrogens with zero attached hydrogens (tertiary/aromatic N) is 5. The number of methoxy groups -OCH3 is 1. The van der Waals surface area contributed by atoms with Crippen molar-refractivity contribution >= 4 is 22.8 Å². The average molecular weight is 355 g/mol. The van der Waals surface area contributed by atoms with Gasteiger partial charge < -0.3 is 14.2 Å². The van der Waals surface area contributed by atoms with E-state index in [0.717, 1.165) is 24.4 Å². The number of rotatable bonds is 3. The molecule has 0 atom stereocenters. The molecular formula is C18H21N5O3. The Morgan fingerprint density at radius 2 is 1.88 bits per heavy atom. The second kappa shape index (κ2) is 6.05. The van der Waals surface area contributed by atoms with Crippen LogP contribution in [0.25, 0.3) is 11.2 Å². The first-order valence-electron chi connectivity index (χ1n) is 8.68. The first-order valence-corrected chi connectivity index (χ1v) is 8.68. The van der Waals surface area contributed by atoms with Crippen molar-refractivity contribution in [3.63, 3.8) is 0 Å². The van der Waals surface area contributed by atoms with Gasteiger partial charge in [-0.1, -0.05) is 0 Å². The SMILES string of the molecule is CCn1c(=O)c2c(nc3n2CCCN3c2ccc(OC)cc2)n(C)c1=O. The van der Waals surface area contributed by atoms with Crippen LogP contribution in [0.2, 0.25) is 0 Å². The van der Waals surface area contributed by atoms with Gasteiger partial charge >= 0.3 is 5.69 Å². The van der Waals surface area contributed by atoms with Gasteiger partial charge in [-0.3, -0.25) is 13.9 Å². The number of imidazole rings is 1. The first kappa shape index (κ1) is 16.4. The molecule has 0 saturated heterocycles. The topological polar surface area (TPSA) is 74.3 Å². The van der Waals surface area contributed by atoms with Gasteiger partial charge in [0.25, 0.3) is 5.56 Å². The number of hydrogen-bond donors (Lipinski definition) is 0. The van der Waals surface area contributed by atoms with Gasteiger partial charge in [0.15, 0.2) is 11.2 Å². The van der Waals surface area contributed by atoms with Crippen LogP contribution < -0.4 is 20.9 Å². The van der Waals surface area contributed by atoms with E-state index in [1.807, 2.05) is 28.8 Å². The molecule has 0 unspecified atom stereocenters. The number of anilines is 2. The van der Waals surface area contributed by atoms with Gasteiger partial charge in [0.1, 0.15) is 5.75 Å². The summed E-state index contributed by atoms with van der Waals surface area (Å²) in [5, 5.41) is 0. The largest absolute Gasteiger partial charge is 0.497 e. The number of aryl methyl sites for hydroxylation is 2. The summed E-state index contributed by atoms with van der Waals surface area (Å²) in [4.78, 5) is 32.0. The zero-order valence-electron chi connectivity index (χ0n) is 15.1. The van der Waals surface area contributed by atoms with Crippen molar-refractivity contribution in [3.8, 4) is 5.75 Å². The summed E-state index contributed by atoms with van der Waals surface area (Å²) in [6, 6.07) is 7.74. The Morgan fingerprint density at radius 1 is 1.15 bits per heavy atom. The fraction of sp³-hybridized carbons (Fsp3) is 0.389. The smallest absolute Gasteiger partial charge is 0.332 e. The van der Waals surface area contributed by atoms with Crippen LogP contribution in [0, 0.1) is 0 Å². The fourth-order valence-electron chi connectivity index (χ4n) is 3.55. The van der Waals surface area contributed by atoms with Crippen LogP contribution in [0.3, 0.4) is 0 Å². The first-order chi connectivity index (χ1) is 12.6. The molecule has 8 heteroatoms. The van der Waals surface area contributed by atoms with Gasteiger partial charge in [-0.25, -0.2) is 4.79 Å². The third kappa shape index (κ3) is 2.25. The standard InChI is InChI=1S/C18H21N5O3/c1-4-21-16(24)14-15(20(2)18(21)25)19-17-22(10-5-11-23(14)17)12-6-8-13(26-3)9-7-12/h6-9H,4-5,10-11H2,1-3H3. The lowest BCUT2D eigenvalue weighted by molar-refractivity contribution is 0.415. The predicted molar refractivity (Wildman–Crippen MR) is 99.5 cm³/mol. The number of aromatic nitrogens is 4. The molecule has 1 aromatic carbocycles. The van der Waals surface area contributed by atoms with E-state index in [1.165, 1.54) is 9.13 Å². The normalized spacial score (nSPS) is 13.9. The average Bonchev–Trinajstić information content (AvgIpc) is 3.07. The maximum Gasteiger partial charge on any atom is 0.332 e. The van der Waals surface area contributed by atoms with Crippen LogP contribution >= 0.6 is 0 Å². The zero-order valence-corrected chi connectivity index (χ0v) is 15.1. The van der Waals surface area contributed by atoms with E-state index in [9.17, 15) is 9.59 Å². The Labute approximate surface area is 149 Å². The van der Waals surface area contributed by atoms with E-state index in [2.05, 4.69) is 9.88 Å². The molecule has 0 bridgehead atoms. The lowest BCUT2D eigenvalue weighted by Crippen LogP contribution is -2.39. The van der Waals surface area contributed by atoms with Crippen LogP contribution in [0.4, 0.5) is 11.6 Å². The minimum atomic E-state index is -0.337. The zero-order chi connectivity index (χ0) is 18.4. The molecule has 3 heterocycles. The molecule has 0 amide bonds. The minimum Gasteiger partial charge on any atom is -0.497 e. The number of hydrogen-bond acceptors (Lipinski definition) is 5. The van der Waals surface area contributed by atoms with E-state index >= 15 is 0 Å². The maximum absolute atomic E-state index is 12.8. The van der Waals surface area contributed by atoms with Crippen molar-refractivity contribution in [1.82, 2.24) is 18.7 Å². The molecule has 0 N–H and O–H groups in total. The van der Waals surface area contributed by atoms with Crippen LogP contribution in [-0.2, 0) is 20.1 Å². The molecule has 0 aliphatic carbocycles. The van der Waals surface area contributed by atoms with Crippen molar-refractivity contribution in [1.29, 1.82) is 0 Å². The van der Waals surface area contributed by atoms with Gasteiger partial charge in [-0.15, -0.1) is 0 Å². The number of benzene rings is 1. The Morgan fingerprint density at radius 3 is 2.54 bits per heavy atom. The summed E-state index contributed by atoms with van der Waals surface area (Å²) in [6.45, 7) is 3.64. The maximum atomic E-state index is 12.8. The van der Waals surface area contributed by atoms with Crippen molar-refractivity contribution in [3.05, 3.63) is 45.1 Å². The highest BCUT2D eigenvalue weighted by atomic mass is 16.5. The molecule has 1 aliphatic heterocycles. The molecule has 4 rings (SSSR count). The van der Waals surface area contributed by atoms with Crippen molar-refractivity contribution in [2.24, 2.45) is 7.05 Å². The molecule has 0 fully saturated rings. The van der Waals surface area contributed by atoms with E-state index in [0.29, 0.717) is 30.2 Å². The molecule has 136 valence electrons. The predicted octanol–water partition coefficient (Wildman–Crippen LogP) is 1.47. The van der Waals surface area contributed by atoms with Gasteiger partial charge in [0, 0.05) is 32.4 Å². The lowest BCUT2D eigenvalue weighted by Gasteiger charge is -2.29. The third-order valence-electron chi connectivity index (χ3n) is 4.92. The van der Waals surface area contributed by atoms with Crippen LogP contribution in [0.1, 0.15) is 13.3 Å². The number of ether oxygens (including phenoxy) is 1. The van der Waals surface area contributed by atoms with Gasteiger partial charge in [-0.05, 0) is 37.6 Å². The summed E-state index contributed by atoms with van der Waals surface area (Å²) in [5.41, 5.74) is 1.28. The Bertz CT molecular complexity index is 1090. The molecule has 0 saturated carbocycles. The highest BCUT2D eigenvalue weighted by molar-refractivity contribution is 5.77. The Hall–Kier alpha value is -3.03. The van der Waals surface area contributed by atoms with E-state index in [1.54, 1.807) is 21.1 Å². The molecular weight excluding hydrogens is 334 g/mol.